The highest BCUT2D eigenvalue weighted by Crippen LogP contribution is 2.37. The monoisotopic (exact) mass is 190 g/mol. The zero-order chi connectivity index (χ0) is 10.2. The predicted molar refractivity (Wildman–Crippen MR) is 58.3 cm³/mol. The molecule has 14 heavy (non-hydrogen) atoms. The van der Waals surface area contributed by atoms with E-state index in [0.717, 1.165) is 18.9 Å². The van der Waals surface area contributed by atoms with E-state index < -0.39 is 0 Å². The van der Waals surface area contributed by atoms with E-state index >= 15 is 0 Å². The molecule has 0 amide bonds. The third-order valence-electron chi connectivity index (χ3n) is 2.79. The smallest absolute Gasteiger partial charge is 0.114 e. The number of ether oxygens (including phenoxy) is 1. The minimum absolute atomic E-state index is 0.0242. The van der Waals surface area contributed by atoms with Crippen LogP contribution >= 0.6 is 0 Å². The summed E-state index contributed by atoms with van der Waals surface area (Å²) >= 11 is 0. The van der Waals surface area contributed by atoms with Gasteiger partial charge in [0, 0.05) is 0 Å². The summed E-state index contributed by atoms with van der Waals surface area (Å²) in [6.07, 6.45) is 1.16. The number of hydrogen-bond acceptors (Lipinski definition) is 1. The maximum Gasteiger partial charge on any atom is 0.114 e. The van der Waals surface area contributed by atoms with Crippen LogP contribution in [0.15, 0.2) is 24.3 Å². The first-order valence-electron chi connectivity index (χ1n) is 5.33. The highest BCUT2D eigenvalue weighted by atomic mass is 16.6. The van der Waals surface area contributed by atoms with Crippen LogP contribution in [0.2, 0.25) is 0 Å². The summed E-state index contributed by atoms with van der Waals surface area (Å²) in [4.78, 5) is 0. The molecule has 1 heteroatoms. The molecule has 1 saturated heterocycles. The van der Waals surface area contributed by atoms with Crippen molar-refractivity contribution in [2.75, 3.05) is 6.61 Å². The van der Waals surface area contributed by atoms with Gasteiger partial charge >= 0.3 is 0 Å². The van der Waals surface area contributed by atoms with E-state index in [1.54, 1.807) is 0 Å². The second-order valence-electron chi connectivity index (χ2n) is 4.81. The van der Waals surface area contributed by atoms with Gasteiger partial charge in [-0.2, -0.15) is 0 Å². The largest absolute Gasteiger partial charge is 0.365 e. The molecule has 0 spiro atoms. The highest BCUT2D eigenvalue weighted by molar-refractivity contribution is 5.29. The molecular weight excluding hydrogens is 172 g/mol. The van der Waals surface area contributed by atoms with Gasteiger partial charge in [-0.1, -0.05) is 38.1 Å². The summed E-state index contributed by atoms with van der Waals surface area (Å²) in [7, 11) is 0. The van der Waals surface area contributed by atoms with Crippen LogP contribution in [-0.4, -0.2) is 6.61 Å². The second kappa shape index (κ2) is 3.39. The fourth-order valence-corrected chi connectivity index (χ4v) is 1.74. The van der Waals surface area contributed by atoms with Crippen LogP contribution < -0.4 is 0 Å². The Morgan fingerprint density at radius 3 is 2.29 bits per heavy atom. The van der Waals surface area contributed by atoms with Crippen LogP contribution in [0.25, 0.3) is 0 Å². The first-order chi connectivity index (χ1) is 6.60. The molecule has 1 aromatic carbocycles. The van der Waals surface area contributed by atoms with Crippen LogP contribution in [-0.2, 0) is 16.8 Å². The minimum Gasteiger partial charge on any atom is -0.365 e. The normalized spacial score (nSPS) is 25.4. The zero-order valence-electron chi connectivity index (χ0n) is 9.21. The van der Waals surface area contributed by atoms with Gasteiger partial charge in [-0.15, -0.1) is 0 Å². The molecule has 0 saturated carbocycles. The Morgan fingerprint density at radius 2 is 1.86 bits per heavy atom. The lowest BCUT2D eigenvalue weighted by atomic mass is 9.97. The second-order valence-corrected chi connectivity index (χ2v) is 4.81. The molecule has 1 aromatic rings. The topological polar surface area (TPSA) is 12.5 Å². The standard InChI is InChI=1S/C13H18O/c1-10(2)8-11-4-6-12(7-5-11)13(3)9-14-13/h4-7,10H,8-9H2,1-3H3/t13-/m0/s1. The maximum atomic E-state index is 5.40. The number of epoxide rings is 1. The average Bonchev–Trinajstić information content (AvgIpc) is 2.85. The molecule has 76 valence electrons. The molecule has 0 unspecified atom stereocenters. The van der Waals surface area contributed by atoms with Crippen LogP contribution in [0.5, 0.6) is 0 Å². The quantitative estimate of drug-likeness (QED) is 0.667. The van der Waals surface area contributed by atoms with Gasteiger partial charge in [-0.25, -0.2) is 0 Å². The minimum atomic E-state index is 0.0242. The molecule has 0 N–H and O–H groups in total. The van der Waals surface area contributed by atoms with Crippen molar-refractivity contribution >= 4 is 0 Å². The molecule has 0 aliphatic carbocycles. The van der Waals surface area contributed by atoms with Gasteiger partial charge < -0.3 is 4.74 Å². The van der Waals surface area contributed by atoms with Gasteiger partial charge in [0.15, 0.2) is 0 Å². The van der Waals surface area contributed by atoms with Crippen LogP contribution in [0.1, 0.15) is 31.9 Å². The molecule has 1 nitrogen and oxygen atoms in total. The third-order valence-corrected chi connectivity index (χ3v) is 2.79. The Bertz CT molecular complexity index is 307. The first kappa shape index (κ1) is 9.72. The molecule has 0 bridgehead atoms. The number of rotatable bonds is 3. The van der Waals surface area contributed by atoms with E-state index in [9.17, 15) is 0 Å². The van der Waals surface area contributed by atoms with Crippen LogP contribution in [0, 0.1) is 5.92 Å². The lowest BCUT2D eigenvalue weighted by Gasteiger charge is -2.08. The summed E-state index contributed by atoms with van der Waals surface area (Å²) in [6, 6.07) is 8.85. The molecule has 2 rings (SSSR count). The zero-order valence-corrected chi connectivity index (χ0v) is 9.21. The van der Waals surface area contributed by atoms with Crippen molar-refractivity contribution in [2.45, 2.75) is 32.8 Å². The van der Waals surface area contributed by atoms with Crippen molar-refractivity contribution in [3.05, 3.63) is 35.4 Å². The van der Waals surface area contributed by atoms with Crippen molar-refractivity contribution in [3.8, 4) is 0 Å². The Kier molecular flexibility index (Phi) is 2.36. The summed E-state index contributed by atoms with van der Waals surface area (Å²) in [5, 5.41) is 0. The van der Waals surface area contributed by atoms with Gasteiger partial charge in [0.05, 0.1) is 6.61 Å². The predicted octanol–water partition coefficient (Wildman–Crippen LogP) is 3.13. The Morgan fingerprint density at radius 1 is 1.29 bits per heavy atom. The van der Waals surface area contributed by atoms with Crippen LogP contribution in [0.4, 0.5) is 0 Å². The molecular formula is C13H18O. The van der Waals surface area contributed by atoms with E-state index in [1.807, 2.05) is 0 Å². The number of benzene rings is 1. The van der Waals surface area contributed by atoms with Crippen molar-refractivity contribution in [1.29, 1.82) is 0 Å². The van der Waals surface area contributed by atoms with Gasteiger partial charge in [0.2, 0.25) is 0 Å². The fraction of sp³-hybridized carbons (Fsp3) is 0.538. The summed E-state index contributed by atoms with van der Waals surface area (Å²) in [5.74, 6) is 0.730. The van der Waals surface area contributed by atoms with E-state index in [1.165, 1.54) is 11.1 Å². The lowest BCUT2D eigenvalue weighted by molar-refractivity contribution is 0.329. The van der Waals surface area contributed by atoms with Gasteiger partial charge in [-0.3, -0.25) is 0 Å². The Labute approximate surface area is 86.1 Å². The average molecular weight is 190 g/mol. The Hall–Kier alpha value is -0.820. The molecule has 1 heterocycles. The fourth-order valence-electron chi connectivity index (χ4n) is 1.74. The Balaban J connectivity index is 2.10. The molecule has 0 aromatic heterocycles. The first-order valence-corrected chi connectivity index (χ1v) is 5.33. The third kappa shape index (κ3) is 1.98. The van der Waals surface area contributed by atoms with Gasteiger partial charge in [-0.05, 0) is 30.4 Å². The summed E-state index contributed by atoms with van der Waals surface area (Å²) in [5.41, 5.74) is 2.76. The maximum absolute atomic E-state index is 5.40. The molecule has 1 atom stereocenters. The van der Waals surface area contributed by atoms with Crippen LogP contribution in [0.3, 0.4) is 0 Å². The van der Waals surface area contributed by atoms with Gasteiger partial charge in [0.25, 0.3) is 0 Å². The van der Waals surface area contributed by atoms with Crippen molar-refractivity contribution in [2.24, 2.45) is 5.92 Å². The summed E-state index contributed by atoms with van der Waals surface area (Å²) in [6.45, 7) is 7.51. The molecule has 1 fully saturated rings. The van der Waals surface area contributed by atoms with E-state index in [0.29, 0.717) is 0 Å². The van der Waals surface area contributed by atoms with E-state index in [-0.39, 0.29) is 5.60 Å². The molecule has 1 aliphatic rings. The highest BCUT2D eigenvalue weighted by Gasteiger charge is 2.40. The van der Waals surface area contributed by atoms with Crippen molar-refractivity contribution in [3.63, 3.8) is 0 Å². The summed E-state index contributed by atoms with van der Waals surface area (Å²) < 4.78 is 5.40. The molecule has 1 aliphatic heterocycles. The lowest BCUT2D eigenvalue weighted by Crippen LogP contribution is -2.02. The molecule has 0 radical (unpaired) electrons. The van der Waals surface area contributed by atoms with E-state index in [4.69, 9.17) is 4.74 Å². The van der Waals surface area contributed by atoms with Crippen molar-refractivity contribution in [1.82, 2.24) is 0 Å². The van der Waals surface area contributed by atoms with Gasteiger partial charge in [0.1, 0.15) is 5.60 Å². The van der Waals surface area contributed by atoms with Crippen molar-refractivity contribution < 1.29 is 4.74 Å². The SMILES string of the molecule is CC(C)Cc1ccc([C@]2(C)CO2)cc1. The van der Waals surface area contributed by atoms with E-state index in [2.05, 4.69) is 45.0 Å². The number of hydrogen-bond donors (Lipinski definition) is 0.